The number of nitrogens with one attached hydrogen (secondary N) is 1. The molecular weight excluding hydrogens is 214 g/mol. The molecule has 4 heteroatoms. The molecule has 0 aromatic heterocycles. The van der Waals surface area contributed by atoms with Gasteiger partial charge in [-0.2, -0.15) is 5.26 Å². The molecule has 0 aliphatic carbocycles. The van der Waals surface area contributed by atoms with E-state index in [-0.39, 0.29) is 0 Å². The second kappa shape index (κ2) is 8.46. The first-order valence-electron chi connectivity index (χ1n) is 6.34. The predicted octanol–water partition coefficient (Wildman–Crippen LogP) is 1.63. The highest BCUT2D eigenvalue weighted by Gasteiger charge is 2.26. The molecule has 0 amide bonds. The van der Waals surface area contributed by atoms with Gasteiger partial charge in [0, 0.05) is 26.3 Å². The van der Waals surface area contributed by atoms with Crippen molar-refractivity contribution in [2.24, 2.45) is 0 Å². The van der Waals surface area contributed by atoms with Crippen molar-refractivity contribution < 1.29 is 4.74 Å². The Bertz CT molecular complexity index is 239. The molecule has 17 heavy (non-hydrogen) atoms. The minimum atomic E-state index is -0.427. The maximum absolute atomic E-state index is 9.21. The van der Waals surface area contributed by atoms with Gasteiger partial charge in [-0.15, -0.1) is 0 Å². The van der Waals surface area contributed by atoms with Gasteiger partial charge in [-0.05, 0) is 40.3 Å². The molecule has 0 aromatic rings. The molecule has 0 rings (SSSR count). The van der Waals surface area contributed by atoms with Crippen molar-refractivity contribution in [3.63, 3.8) is 0 Å². The van der Waals surface area contributed by atoms with Gasteiger partial charge < -0.3 is 9.64 Å². The summed E-state index contributed by atoms with van der Waals surface area (Å²) in [6, 6.07) is 2.75. The number of methoxy groups -OCH3 is 1. The van der Waals surface area contributed by atoms with Crippen LogP contribution in [0.2, 0.25) is 0 Å². The first-order chi connectivity index (χ1) is 7.99. The van der Waals surface area contributed by atoms with E-state index < -0.39 is 5.54 Å². The first kappa shape index (κ1) is 16.4. The number of hydrogen-bond acceptors (Lipinski definition) is 4. The lowest BCUT2D eigenvalue weighted by atomic mass is 9.94. The SMILES string of the molecule is CCNC(C)(C#N)CC(C)N(C)CCCOC. The van der Waals surface area contributed by atoms with E-state index in [0.717, 1.165) is 32.5 Å². The molecule has 0 bridgehead atoms. The van der Waals surface area contributed by atoms with Crippen LogP contribution in [0.25, 0.3) is 0 Å². The third-order valence-corrected chi connectivity index (χ3v) is 3.13. The summed E-state index contributed by atoms with van der Waals surface area (Å²) < 4.78 is 5.04. The molecule has 0 aliphatic rings. The van der Waals surface area contributed by atoms with Gasteiger partial charge in [0.1, 0.15) is 5.54 Å². The van der Waals surface area contributed by atoms with Crippen LogP contribution in [0.1, 0.15) is 33.6 Å². The Morgan fingerprint density at radius 1 is 1.53 bits per heavy atom. The zero-order valence-electron chi connectivity index (χ0n) is 11.9. The average molecular weight is 241 g/mol. The quantitative estimate of drug-likeness (QED) is 0.623. The van der Waals surface area contributed by atoms with Gasteiger partial charge >= 0.3 is 0 Å². The molecule has 2 atom stereocenters. The monoisotopic (exact) mass is 241 g/mol. The van der Waals surface area contributed by atoms with Crippen LogP contribution in [0.3, 0.4) is 0 Å². The van der Waals surface area contributed by atoms with Crippen LogP contribution in [0.15, 0.2) is 0 Å². The largest absolute Gasteiger partial charge is 0.385 e. The summed E-state index contributed by atoms with van der Waals surface area (Å²) in [6.45, 7) is 8.78. The van der Waals surface area contributed by atoms with Gasteiger partial charge in [0.05, 0.1) is 6.07 Å². The summed E-state index contributed by atoms with van der Waals surface area (Å²) in [5, 5.41) is 12.5. The fraction of sp³-hybridized carbons (Fsp3) is 0.923. The fourth-order valence-corrected chi connectivity index (χ4v) is 1.97. The van der Waals surface area contributed by atoms with Crippen LogP contribution >= 0.6 is 0 Å². The van der Waals surface area contributed by atoms with Crippen LogP contribution in [0.4, 0.5) is 0 Å². The predicted molar refractivity (Wildman–Crippen MR) is 70.9 cm³/mol. The summed E-state index contributed by atoms with van der Waals surface area (Å²) in [5.74, 6) is 0. The highest BCUT2D eigenvalue weighted by Crippen LogP contribution is 2.14. The second-order valence-corrected chi connectivity index (χ2v) is 4.85. The second-order valence-electron chi connectivity index (χ2n) is 4.85. The Labute approximate surface area is 106 Å². The molecule has 0 aromatic carbocycles. The molecule has 4 nitrogen and oxygen atoms in total. The highest BCUT2D eigenvalue weighted by atomic mass is 16.5. The molecule has 100 valence electrons. The lowest BCUT2D eigenvalue weighted by molar-refractivity contribution is 0.159. The van der Waals surface area contributed by atoms with Crippen molar-refractivity contribution in [2.45, 2.75) is 45.2 Å². The van der Waals surface area contributed by atoms with Gasteiger partial charge in [0.2, 0.25) is 0 Å². The Morgan fingerprint density at radius 2 is 2.18 bits per heavy atom. The smallest absolute Gasteiger partial charge is 0.105 e. The van der Waals surface area contributed by atoms with E-state index in [4.69, 9.17) is 4.74 Å². The third-order valence-electron chi connectivity index (χ3n) is 3.13. The van der Waals surface area contributed by atoms with E-state index in [1.54, 1.807) is 7.11 Å². The van der Waals surface area contributed by atoms with Crippen LogP contribution in [-0.2, 0) is 4.74 Å². The van der Waals surface area contributed by atoms with Crippen molar-refractivity contribution in [1.82, 2.24) is 10.2 Å². The Morgan fingerprint density at radius 3 is 2.65 bits per heavy atom. The summed E-state index contributed by atoms with van der Waals surface area (Å²) >= 11 is 0. The van der Waals surface area contributed by atoms with E-state index in [1.807, 2.05) is 13.8 Å². The van der Waals surface area contributed by atoms with Crippen LogP contribution in [0, 0.1) is 11.3 Å². The molecule has 1 N–H and O–H groups in total. The van der Waals surface area contributed by atoms with Crippen molar-refractivity contribution in [1.29, 1.82) is 5.26 Å². The Hall–Kier alpha value is -0.630. The van der Waals surface area contributed by atoms with Gasteiger partial charge in [-0.1, -0.05) is 6.92 Å². The molecule has 0 heterocycles. The molecular formula is C13H27N3O. The van der Waals surface area contributed by atoms with Crippen molar-refractivity contribution in [3.05, 3.63) is 0 Å². The van der Waals surface area contributed by atoms with E-state index in [0.29, 0.717) is 6.04 Å². The standard InChI is InChI=1S/C13H27N3O/c1-6-15-13(3,11-14)10-12(2)16(4)8-7-9-17-5/h12,15H,6-10H2,1-5H3. The Kier molecular flexibility index (Phi) is 8.15. The normalized spacial score (nSPS) is 16.5. The average Bonchev–Trinajstić information content (AvgIpc) is 2.29. The maximum Gasteiger partial charge on any atom is 0.105 e. The minimum absolute atomic E-state index is 0.385. The third kappa shape index (κ3) is 6.62. The zero-order valence-corrected chi connectivity index (χ0v) is 11.9. The van der Waals surface area contributed by atoms with Crippen LogP contribution in [0.5, 0.6) is 0 Å². The molecule has 0 saturated heterocycles. The number of rotatable bonds is 9. The number of hydrogen-bond donors (Lipinski definition) is 1. The molecule has 0 spiro atoms. The molecule has 0 aliphatic heterocycles. The van der Waals surface area contributed by atoms with E-state index in [9.17, 15) is 5.26 Å². The Balaban J connectivity index is 4.13. The number of nitrogens with zero attached hydrogens (tertiary/aromatic N) is 2. The summed E-state index contributed by atoms with van der Waals surface area (Å²) in [4.78, 5) is 2.28. The van der Waals surface area contributed by atoms with Crippen molar-refractivity contribution in [3.8, 4) is 6.07 Å². The van der Waals surface area contributed by atoms with E-state index in [1.165, 1.54) is 0 Å². The molecule has 0 saturated carbocycles. The lowest BCUT2D eigenvalue weighted by Crippen LogP contribution is -2.46. The van der Waals surface area contributed by atoms with E-state index in [2.05, 4.69) is 30.3 Å². The van der Waals surface area contributed by atoms with Crippen molar-refractivity contribution >= 4 is 0 Å². The summed E-state index contributed by atoms with van der Waals surface area (Å²) in [6.07, 6.45) is 1.86. The number of nitriles is 1. The number of ether oxygens (including phenoxy) is 1. The highest BCUT2D eigenvalue weighted by molar-refractivity contribution is 5.05. The fourth-order valence-electron chi connectivity index (χ4n) is 1.97. The van der Waals surface area contributed by atoms with Gasteiger partial charge in [-0.25, -0.2) is 0 Å². The van der Waals surface area contributed by atoms with Crippen molar-refractivity contribution in [2.75, 3.05) is 33.9 Å². The zero-order chi connectivity index (χ0) is 13.3. The topological polar surface area (TPSA) is 48.3 Å². The molecule has 2 unspecified atom stereocenters. The van der Waals surface area contributed by atoms with Crippen LogP contribution < -0.4 is 5.32 Å². The lowest BCUT2D eigenvalue weighted by Gasteiger charge is -2.31. The minimum Gasteiger partial charge on any atom is -0.385 e. The van der Waals surface area contributed by atoms with Gasteiger partial charge in [0.25, 0.3) is 0 Å². The first-order valence-corrected chi connectivity index (χ1v) is 6.34. The molecule has 0 radical (unpaired) electrons. The maximum atomic E-state index is 9.21. The van der Waals surface area contributed by atoms with E-state index >= 15 is 0 Å². The molecule has 0 fully saturated rings. The summed E-state index contributed by atoms with van der Waals surface area (Å²) in [5.41, 5.74) is -0.427. The van der Waals surface area contributed by atoms with Crippen LogP contribution in [-0.4, -0.2) is 50.3 Å². The van der Waals surface area contributed by atoms with Gasteiger partial charge in [0.15, 0.2) is 0 Å². The van der Waals surface area contributed by atoms with Gasteiger partial charge in [-0.3, -0.25) is 5.32 Å². The summed E-state index contributed by atoms with van der Waals surface area (Å²) in [7, 11) is 3.82.